The summed E-state index contributed by atoms with van der Waals surface area (Å²) >= 11 is 0. The Balaban J connectivity index is 1.99. The van der Waals surface area contributed by atoms with Gasteiger partial charge in [0.2, 0.25) is 0 Å². The second-order valence-electron chi connectivity index (χ2n) is 6.15. The second kappa shape index (κ2) is 9.04. The van der Waals surface area contributed by atoms with Crippen LogP contribution in [-0.2, 0) is 9.53 Å². The molecule has 2 aromatic carbocycles. The molecule has 0 aliphatic heterocycles. The van der Waals surface area contributed by atoms with E-state index in [0.29, 0.717) is 17.9 Å². The zero-order valence-electron chi connectivity index (χ0n) is 15.7. The molecular weight excluding hydrogens is 330 g/mol. The summed E-state index contributed by atoms with van der Waals surface area (Å²) in [5.74, 6) is -0.0847. The van der Waals surface area contributed by atoms with Crippen molar-refractivity contribution in [2.45, 2.75) is 40.2 Å². The smallest absolute Gasteiger partial charge is 0.347 e. The first-order valence-corrected chi connectivity index (χ1v) is 8.73. The van der Waals surface area contributed by atoms with Crippen LogP contribution < -0.4 is 10.1 Å². The standard InChI is InChI=1S/C21H25NO4/c1-5-13-25-21(24)16(4)26-18-11-9-17(10-12-18)20(23)22-19-8-6-7-14(2)15(19)3/h6-12,16H,5,13H2,1-4H3,(H,22,23)/t16-/m0/s1. The van der Waals surface area contributed by atoms with Gasteiger partial charge >= 0.3 is 5.97 Å². The summed E-state index contributed by atoms with van der Waals surface area (Å²) in [6.07, 6.45) is 0.0686. The molecule has 0 unspecified atom stereocenters. The number of rotatable bonds is 7. The number of benzene rings is 2. The summed E-state index contributed by atoms with van der Waals surface area (Å²) in [5.41, 5.74) is 3.47. The van der Waals surface area contributed by atoms with E-state index in [1.54, 1.807) is 31.2 Å². The van der Waals surface area contributed by atoms with Crippen LogP contribution in [0, 0.1) is 13.8 Å². The van der Waals surface area contributed by atoms with Crippen molar-refractivity contribution in [3.05, 3.63) is 59.2 Å². The normalized spacial score (nSPS) is 11.5. The topological polar surface area (TPSA) is 64.6 Å². The maximum Gasteiger partial charge on any atom is 0.347 e. The van der Waals surface area contributed by atoms with E-state index in [1.807, 2.05) is 39.0 Å². The zero-order valence-corrected chi connectivity index (χ0v) is 15.7. The van der Waals surface area contributed by atoms with Crippen LogP contribution in [0.3, 0.4) is 0 Å². The average molecular weight is 355 g/mol. The first kappa shape index (κ1) is 19.5. The van der Waals surface area contributed by atoms with Crippen molar-refractivity contribution in [2.75, 3.05) is 11.9 Å². The number of nitrogens with one attached hydrogen (secondary N) is 1. The van der Waals surface area contributed by atoms with E-state index in [4.69, 9.17) is 9.47 Å². The number of esters is 1. The minimum Gasteiger partial charge on any atom is -0.479 e. The molecule has 0 aliphatic rings. The molecule has 2 rings (SSSR count). The molecule has 0 saturated carbocycles. The maximum absolute atomic E-state index is 12.4. The number of hydrogen-bond donors (Lipinski definition) is 1. The van der Waals surface area contributed by atoms with Crippen LogP contribution in [0.25, 0.3) is 0 Å². The SMILES string of the molecule is CCCOC(=O)[C@H](C)Oc1ccc(C(=O)Nc2cccc(C)c2C)cc1. The Hall–Kier alpha value is -2.82. The lowest BCUT2D eigenvalue weighted by Crippen LogP contribution is -2.26. The van der Waals surface area contributed by atoms with Gasteiger partial charge in [-0.1, -0.05) is 19.1 Å². The highest BCUT2D eigenvalue weighted by Crippen LogP contribution is 2.20. The molecule has 0 fully saturated rings. The van der Waals surface area contributed by atoms with E-state index in [-0.39, 0.29) is 5.91 Å². The first-order chi connectivity index (χ1) is 12.4. The highest BCUT2D eigenvalue weighted by Gasteiger charge is 2.16. The van der Waals surface area contributed by atoms with E-state index in [0.717, 1.165) is 23.2 Å². The lowest BCUT2D eigenvalue weighted by atomic mass is 10.1. The molecule has 5 heteroatoms. The van der Waals surface area contributed by atoms with E-state index in [9.17, 15) is 9.59 Å². The van der Waals surface area contributed by atoms with Gasteiger partial charge in [0.05, 0.1) is 6.61 Å². The molecule has 5 nitrogen and oxygen atoms in total. The number of anilines is 1. The number of carbonyl (C=O) groups is 2. The Morgan fingerprint density at radius 3 is 2.42 bits per heavy atom. The van der Waals surface area contributed by atoms with E-state index in [1.165, 1.54) is 0 Å². The van der Waals surface area contributed by atoms with Gasteiger partial charge in [0.15, 0.2) is 6.10 Å². The van der Waals surface area contributed by atoms with Crippen LogP contribution in [0.5, 0.6) is 5.75 Å². The second-order valence-corrected chi connectivity index (χ2v) is 6.15. The average Bonchev–Trinajstić information content (AvgIpc) is 2.64. The Bertz CT molecular complexity index is 768. The van der Waals surface area contributed by atoms with Crippen molar-refractivity contribution in [3.63, 3.8) is 0 Å². The molecule has 26 heavy (non-hydrogen) atoms. The number of carbonyl (C=O) groups excluding carboxylic acids is 2. The summed E-state index contributed by atoms with van der Waals surface area (Å²) in [5, 5.41) is 2.92. The van der Waals surface area contributed by atoms with Gasteiger partial charge in [-0.25, -0.2) is 4.79 Å². The Morgan fingerprint density at radius 2 is 1.77 bits per heavy atom. The molecule has 138 valence electrons. The molecule has 1 atom stereocenters. The minimum absolute atomic E-state index is 0.194. The molecule has 0 aliphatic carbocycles. The molecule has 0 heterocycles. The van der Waals surface area contributed by atoms with Crippen LogP contribution in [0.4, 0.5) is 5.69 Å². The molecule has 2 aromatic rings. The molecule has 0 bridgehead atoms. The van der Waals surface area contributed by atoms with Crippen LogP contribution in [-0.4, -0.2) is 24.6 Å². The van der Waals surface area contributed by atoms with Gasteiger partial charge in [0.1, 0.15) is 5.75 Å². The Kier molecular flexibility index (Phi) is 6.78. The minimum atomic E-state index is -0.698. The zero-order chi connectivity index (χ0) is 19.1. The predicted molar refractivity (Wildman–Crippen MR) is 102 cm³/mol. The summed E-state index contributed by atoms with van der Waals surface area (Å²) < 4.78 is 10.6. The molecule has 0 saturated heterocycles. The molecule has 0 aromatic heterocycles. The first-order valence-electron chi connectivity index (χ1n) is 8.73. The molecular formula is C21H25NO4. The summed E-state index contributed by atoms with van der Waals surface area (Å²) in [7, 11) is 0. The lowest BCUT2D eigenvalue weighted by Gasteiger charge is -2.14. The fraction of sp³-hybridized carbons (Fsp3) is 0.333. The molecule has 0 radical (unpaired) electrons. The Labute approximate surface area is 154 Å². The number of aryl methyl sites for hydroxylation is 1. The third-order valence-corrected chi connectivity index (χ3v) is 4.06. The van der Waals surface area contributed by atoms with Crippen LogP contribution in [0.15, 0.2) is 42.5 Å². The number of hydrogen-bond acceptors (Lipinski definition) is 4. The van der Waals surface area contributed by atoms with Crippen LogP contribution in [0.2, 0.25) is 0 Å². The predicted octanol–water partition coefficient (Wildman–Crippen LogP) is 4.28. The fourth-order valence-electron chi connectivity index (χ4n) is 2.34. The van der Waals surface area contributed by atoms with Gasteiger partial charge in [-0.2, -0.15) is 0 Å². The Morgan fingerprint density at radius 1 is 1.08 bits per heavy atom. The van der Waals surface area contributed by atoms with E-state index >= 15 is 0 Å². The lowest BCUT2D eigenvalue weighted by molar-refractivity contribution is -0.151. The quantitative estimate of drug-likeness (QED) is 0.753. The van der Waals surface area contributed by atoms with Crippen molar-refractivity contribution in [2.24, 2.45) is 0 Å². The van der Waals surface area contributed by atoms with Crippen molar-refractivity contribution in [1.29, 1.82) is 0 Å². The summed E-state index contributed by atoms with van der Waals surface area (Å²) in [6.45, 7) is 7.93. The number of amides is 1. The summed E-state index contributed by atoms with van der Waals surface area (Å²) in [4.78, 5) is 24.1. The third kappa shape index (κ3) is 5.09. The fourth-order valence-corrected chi connectivity index (χ4v) is 2.34. The molecule has 0 spiro atoms. The van der Waals surface area contributed by atoms with Gasteiger partial charge < -0.3 is 14.8 Å². The van der Waals surface area contributed by atoms with Gasteiger partial charge in [0.25, 0.3) is 5.91 Å². The largest absolute Gasteiger partial charge is 0.479 e. The highest BCUT2D eigenvalue weighted by molar-refractivity contribution is 6.04. The maximum atomic E-state index is 12.4. The molecule has 1 amide bonds. The van der Waals surface area contributed by atoms with Crippen LogP contribution >= 0.6 is 0 Å². The van der Waals surface area contributed by atoms with Crippen molar-refractivity contribution in [1.82, 2.24) is 0 Å². The van der Waals surface area contributed by atoms with Gasteiger partial charge in [-0.3, -0.25) is 4.79 Å². The monoisotopic (exact) mass is 355 g/mol. The van der Waals surface area contributed by atoms with Crippen molar-refractivity contribution < 1.29 is 19.1 Å². The third-order valence-electron chi connectivity index (χ3n) is 4.06. The number of ether oxygens (including phenoxy) is 2. The van der Waals surface area contributed by atoms with E-state index < -0.39 is 12.1 Å². The molecule has 1 N–H and O–H groups in total. The van der Waals surface area contributed by atoms with Gasteiger partial charge in [0, 0.05) is 11.3 Å². The summed E-state index contributed by atoms with van der Waals surface area (Å²) in [6, 6.07) is 12.5. The van der Waals surface area contributed by atoms with Crippen molar-refractivity contribution in [3.8, 4) is 5.75 Å². The van der Waals surface area contributed by atoms with Gasteiger partial charge in [-0.15, -0.1) is 0 Å². The van der Waals surface area contributed by atoms with E-state index in [2.05, 4.69) is 5.32 Å². The highest BCUT2D eigenvalue weighted by atomic mass is 16.6. The van der Waals surface area contributed by atoms with Gasteiger partial charge in [-0.05, 0) is 68.7 Å². The van der Waals surface area contributed by atoms with Crippen molar-refractivity contribution >= 4 is 17.6 Å². The van der Waals surface area contributed by atoms with Crippen LogP contribution in [0.1, 0.15) is 41.8 Å².